The first-order valence-corrected chi connectivity index (χ1v) is 6.92. The zero-order chi connectivity index (χ0) is 15.1. The Morgan fingerprint density at radius 1 is 1.40 bits per heavy atom. The van der Waals surface area contributed by atoms with Crippen molar-refractivity contribution in [1.82, 2.24) is 14.8 Å². The lowest BCUT2D eigenvalue weighted by Gasteiger charge is -2.06. The molecule has 0 saturated carbocycles. The van der Waals surface area contributed by atoms with Crippen LogP contribution in [0.4, 0.5) is 5.95 Å². The fraction of sp³-hybridized carbons (Fsp3) is 0.300. The third-order valence-electron chi connectivity index (χ3n) is 2.62. The first kappa shape index (κ1) is 14.1. The number of carboxylic acid groups (broad SMARTS) is 1. The Hall–Kier alpha value is -2.36. The van der Waals surface area contributed by atoms with Crippen LogP contribution in [0.3, 0.4) is 0 Å². The van der Waals surface area contributed by atoms with Crippen LogP contribution >= 0.6 is 0 Å². The highest BCUT2D eigenvalue weighted by Gasteiger charge is 2.31. The van der Waals surface area contributed by atoms with Gasteiger partial charge in [0.05, 0.1) is 0 Å². The van der Waals surface area contributed by atoms with Gasteiger partial charge in [-0.05, 0) is 13.8 Å². The summed E-state index contributed by atoms with van der Waals surface area (Å²) in [5.74, 6) is -1.39. The van der Waals surface area contributed by atoms with Crippen molar-refractivity contribution in [1.29, 1.82) is 0 Å². The van der Waals surface area contributed by atoms with Gasteiger partial charge in [0.2, 0.25) is 5.95 Å². The van der Waals surface area contributed by atoms with Gasteiger partial charge >= 0.3 is 5.97 Å². The van der Waals surface area contributed by atoms with Crippen molar-refractivity contribution >= 4 is 21.9 Å². The lowest BCUT2D eigenvalue weighted by atomic mass is 10.2. The normalized spacial score (nSPS) is 11.6. The van der Waals surface area contributed by atoms with Crippen LogP contribution in [0, 0.1) is 13.8 Å². The number of nitrogens with zero attached hydrogens (tertiary/aromatic N) is 3. The van der Waals surface area contributed by atoms with Gasteiger partial charge in [-0.2, -0.15) is 10.1 Å². The van der Waals surface area contributed by atoms with E-state index in [0.29, 0.717) is 0 Å². The number of nitrogens with one attached hydrogen (secondary N) is 1. The SMILES string of the molecule is Cc1oc(C)c(S(=O)(=O)Nc2ncnn2C)c1C(=O)O. The number of hydrogen-bond donors (Lipinski definition) is 2. The number of sulfonamides is 1. The van der Waals surface area contributed by atoms with E-state index in [-0.39, 0.29) is 17.5 Å². The van der Waals surface area contributed by atoms with E-state index < -0.39 is 26.5 Å². The lowest BCUT2D eigenvalue weighted by molar-refractivity contribution is 0.0691. The summed E-state index contributed by atoms with van der Waals surface area (Å²) in [6, 6.07) is 0. The average molecular weight is 300 g/mol. The maximum atomic E-state index is 12.3. The molecule has 0 spiro atoms. The van der Waals surface area contributed by atoms with Crippen LogP contribution in [0.1, 0.15) is 21.9 Å². The van der Waals surface area contributed by atoms with Crippen LogP contribution in [-0.4, -0.2) is 34.3 Å². The summed E-state index contributed by atoms with van der Waals surface area (Å²) < 4.78 is 33.1. The molecule has 2 heterocycles. The van der Waals surface area contributed by atoms with E-state index in [4.69, 9.17) is 9.52 Å². The van der Waals surface area contributed by atoms with Crippen LogP contribution in [0.15, 0.2) is 15.6 Å². The van der Waals surface area contributed by atoms with E-state index in [9.17, 15) is 13.2 Å². The van der Waals surface area contributed by atoms with Gasteiger partial charge < -0.3 is 9.52 Å². The summed E-state index contributed by atoms with van der Waals surface area (Å²) in [5.41, 5.74) is -0.392. The van der Waals surface area contributed by atoms with Crippen molar-refractivity contribution in [2.24, 2.45) is 7.05 Å². The molecule has 0 fully saturated rings. The molecule has 0 amide bonds. The van der Waals surface area contributed by atoms with Crippen molar-refractivity contribution in [2.45, 2.75) is 18.7 Å². The van der Waals surface area contributed by atoms with E-state index in [0.717, 1.165) is 0 Å². The highest BCUT2D eigenvalue weighted by Crippen LogP contribution is 2.27. The standard InChI is InChI=1S/C10H12N4O5S/c1-5-7(9(15)16)8(6(2)19-5)20(17,18)13-10-11-4-12-14(10)3/h4H,1-3H3,(H,15,16)(H,11,12,13). The third-order valence-corrected chi connectivity index (χ3v) is 4.11. The maximum absolute atomic E-state index is 12.3. The minimum Gasteiger partial charge on any atom is -0.478 e. The molecule has 2 rings (SSSR count). The largest absolute Gasteiger partial charge is 0.478 e. The van der Waals surface area contributed by atoms with E-state index >= 15 is 0 Å². The Labute approximate surface area is 114 Å². The minimum atomic E-state index is -4.14. The first-order valence-electron chi connectivity index (χ1n) is 5.44. The summed E-state index contributed by atoms with van der Waals surface area (Å²) in [5, 5.41) is 12.8. The zero-order valence-corrected chi connectivity index (χ0v) is 11.7. The molecule has 0 atom stereocenters. The Morgan fingerprint density at radius 3 is 2.55 bits per heavy atom. The van der Waals surface area contributed by atoms with Gasteiger partial charge in [0.1, 0.15) is 28.3 Å². The summed E-state index contributed by atoms with van der Waals surface area (Å²) >= 11 is 0. The van der Waals surface area contributed by atoms with E-state index in [1.165, 1.54) is 31.9 Å². The number of aromatic nitrogens is 3. The van der Waals surface area contributed by atoms with Crippen molar-refractivity contribution < 1.29 is 22.7 Å². The van der Waals surface area contributed by atoms with E-state index in [1.807, 2.05) is 0 Å². The molecule has 0 aromatic carbocycles. The number of furan rings is 1. The van der Waals surface area contributed by atoms with Gasteiger partial charge in [-0.3, -0.25) is 0 Å². The quantitative estimate of drug-likeness (QED) is 0.842. The average Bonchev–Trinajstić information content (AvgIpc) is 2.82. The molecule has 0 saturated heterocycles. The van der Waals surface area contributed by atoms with Crippen molar-refractivity contribution in [3.63, 3.8) is 0 Å². The summed E-state index contributed by atoms with van der Waals surface area (Å²) in [6.07, 6.45) is 1.17. The molecule has 0 aliphatic heterocycles. The van der Waals surface area contributed by atoms with Crippen molar-refractivity contribution in [2.75, 3.05) is 4.72 Å². The highest BCUT2D eigenvalue weighted by molar-refractivity contribution is 7.92. The molecule has 0 radical (unpaired) electrons. The minimum absolute atomic E-state index is 0.00503. The predicted molar refractivity (Wildman–Crippen MR) is 67.0 cm³/mol. The first-order chi connectivity index (χ1) is 9.24. The molecule has 10 heteroatoms. The molecule has 9 nitrogen and oxygen atoms in total. The topological polar surface area (TPSA) is 127 Å². The second-order valence-corrected chi connectivity index (χ2v) is 5.66. The molecular weight excluding hydrogens is 288 g/mol. The molecule has 0 unspecified atom stereocenters. The molecule has 0 bridgehead atoms. The van der Waals surface area contributed by atoms with Gasteiger partial charge in [-0.25, -0.2) is 22.6 Å². The number of carbonyl (C=O) groups is 1. The number of aryl methyl sites for hydroxylation is 3. The van der Waals surface area contributed by atoms with Crippen LogP contribution in [-0.2, 0) is 17.1 Å². The maximum Gasteiger partial charge on any atom is 0.340 e. The number of anilines is 1. The van der Waals surface area contributed by atoms with Crippen LogP contribution in [0.2, 0.25) is 0 Å². The molecule has 2 N–H and O–H groups in total. The van der Waals surface area contributed by atoms with Gasteiger partial charge in [-0.15, -0.1) is 0 Å². The Kier molecular flexibility index (Phi) is 3.26. The number of hydrogen-bond acceptors (Lipinski definition) is 6. The third kappa shape index (κ3) is 2.25. The predicted octanol–water partition coefficient (Wildman–Crippen LogP) is 0.524. The zero-order valence-electron chi connectivity index (χ0n) is 10.9. The highest BCUT2D eigenvalue weighted by atomic mass is 32.2. The van der Waals surface area contributed by atoms with Gasteiger partial charge in [-0.1, -0.05) is 0 Å². The molecular formula is C10H12N4O5S. The van der Waals surface area contributed by atoms with Crippen LogP contribution in [0.25, 0.3) is 0 Å². The Bertz CT molecular complexity index is 774. The Morgan fingerprint density at radius 2 is 2.05 bits per heavy atom. The van der Waals surface area contributed by atoms with Gasteiger partial charge in [0, 0.05) is 7.05 Å². The van der Waals surface area contributed by atoms with Crippen LogP contribution in [0.5, 0.6) is 0 Å². The second kappa shape index (κ2) is 4.63. The summed E-state index contributed by atoms with van der Waals surface area (Å²) in [4.78, 5) is 14.5. The van der Waals surface area contributed by atoms with Gasteiger partial charge in [0.15, 0.2) is 0 Å². The number of carboxylic acids is 1. The summed E-state index contributed by atoms with van der Waals surface area (Å²) in [6.45, 7) is 2.77. The molecule has 108 valence electrons. The molecule has 0 aliphatic carbocycles. The fourth-order valence-electron chi connectivity index (χ4n) is 1.79. The van der Waals surface area contributed by atoms with E-state index in [2.05, 4.69) is 14.8 Å². The van der Waals surface area contributed by atoms with Crippen molar-refractivity contribution in [3.8, 4) is 0 Å². The van der Waals surface area contributed by atoms with Crippen molar-refractivity contribution in [3.05, 3.63) is 23.4 Å². The number of aromatic carboxylic acids is 1. The fourth-order valence-corrected chi connectivity index (χ4v) is 3.24. The monoisotopic (exact) mass is 300 g/mol. The summed E-state index contributed by atoms with van der Waals surface area (Å²) in [7, 11) is -2.64. The van der Waals surface area contributed by atoms with Crippen LogP contribution < -0.4 is 4.72 Å². The number of rotatable bonds is 4. The smallest absolute Gasteiger partial charge is 0.340 e. The lowest BCUT2D eigenvalue weighted by Crippen LogP contribution is -2.19. The Balaban J connectivity index is 2.56. The molecule has 20 heavy (non-hydrogen) atoms. The van der Waals surface area contributed by atoms with Gasteiger partial charge in [0.25, 0.3) is 10.0 Å². The molecule has 2 aromatic heterocycles. The molecule has 0 aliphatic rings. The van der Waals surface area contributed by atoms with E-state index in [1.54, 1.807) is 0 Å². The molecule has 2 aromatic rings. The second-order valence-electron chi connectivity index (χ2n) is 4.04.